The number of likely N-dealkylation sites (tertiary alicyclic amines) is 2. The van der Waals surface area contributed by atoms with Gasteiger partial charge < -0.3 is 34.1 Å². The molecule has 3 aromatic heterocycles. The lowest BCUT2D eigenvalue weighted by molar-refractivity contribution is 0.0493. The molecule has 52 heavy (non-hydrogen) atoms. The molecule has 2 aliphatic rings. The number of aromatic nitrogens is 2. The third-order valence-electron chi connectivity index (χ3n) is 10.3. The molecule has 1 unspecified atom stereocenters. The molecule has 0 spiro atoms. The summed E-state index contributed by atoms with van der Waals surface area (Å²) in [5.74, 6) is 0.906. The van der Waals surface area contributed by atoms with Crippen LogP contribution in [0.25, 0.3) is 21.9 Å². The van der Waals surface area contributed by atoms with E-state index in [2.05, 4.69) is 56.8 Å². The molecular weight excluding hydrogens is 662 g/mol. The molecule has 13 heteroatoms. The molecule has 0 aliphatic carbocycles. The Morgan fingerprint density at radius 2 is 1.77 bits per heavy atom. The normalized spacial score (nSPS) is 17.7. The highest BCUT2D eigenvalue weighted by molar-refractivity contribution is 6.10. The second-order valence-electron chi connectivity index (χ2n) is 15.4. The van der Waals surface area contributed by atoms with Crippen molar-refractivity contribution >= 4 is 51.3 Å². The number of ketones is 1. The molecule has 5 heterocycles. The number of rotatable bonds is 8. The molecule has 13 nitrogen and oxygen atoms in total. The van der Waals surface area contributed by atoms with Crippen LogP contribution in [0.2, 0.25) is 0 Å². The standard InChI is InChI=1S/C39H47N7O6/c1-39(2,3)34-21-35(43-52-34)42-37(48)40-24-9-12-32-23(18-24)19-33(51-32)36(47)30-20-27-28(22-44(4)5)26(10-11-29(27)41-30)31-8-6-7-15-46(31)25-13-16-45(17-14-25)38(49)50/h9-12,18-21,25,31,41H,6-8,13-17,22H2,1-5H3,(H,49,50)(H2,40,42,43,48). The summed E-state index contributed by atoms with van der Waals surface area (Å²) in [5.41, 5.74) is 4.60. The number of benzene rings is 2. The number of carboxylic acid groups (broad SMARTS) is 1. The Kier molecular flexibility index (Phi) is 9.57. The highest BCUT2D eigenvalue weighted by Gasteiger charge is 2.35. The first-order valence-corrected chi connectivity index (χ1v) is 18.0. The van der Waals surface area contributed by atoms with Crippen LogP contribution in [0.15, 0.2) is 57.5 Å². The number of aromatic amines is 1. The number of hydrogen-bond acceptors (Lipinski definition) is 8. The maximum absolute atomic E-state index is 13.9. The van der Waals surface area contributed by atoms with Gasteiger partial charge in [0.2, 0.25) is 5.78 Å². The molecule has 0 radical (unpaired) electrons. The minimum Gasteiger partial charge on any atom is -0.465 e. The van der Waals surface area contributed by atoms with Crippen molar-refractivity contribution in [3.05, 3.63) is 76.9 Å². The molecule has 2 aliphatic heterocycles. The molecular formula is C39H47N7O6. The SMILES string of the molecule is CN(C)Cc1c(C2CCCCN2C2CCN(C(=O)O)CC2)ccc2[nH]c(C(=O)c3cc4cc(NC(=O)Nc5cc(C(C)(C)C)on5)ccc4o3)cc12. The average Bonchev–Trinajstić information content (AvgIpc) is 3.86. The van der Waals surface area contributed by atoms with Crippen LogP contribution < -0.4 is 10.6 Å². The number of nitrogens with one attached hydrogen (secondary N) is 3. The van der Waals surface area contributed by atoms with Gasteiger partial charge in [-0.15, -0.1) is 0 Å². The highest BCUT2D eigenvalue weighted by Crippen LogP contribution is 2.39. The number of fused-ring (bicyclic) bond motifs is 2. The van der Waals surface area contributed by atoms with Crippen LogP contribution in [0.5, 0.6) is 0 Å². The van der Waals surface area contributed by atoms with Crippen molar-refractivity contribution < 1.29 is 28.4 Å². The first-order chi connectivity index (χ1) is 24.8. The van der Waals surface area contributed by atoms with Crippen molar-refractivity contribution in [2.75, 3.05) is 44.4 Å². The molecule has 0 saturated carbocycles. The van der Waals surface area contributed by atoms with Crippen molar-refractivity contribution in [1.29, 1.82) is 0 Å². The Hall–Kier alpha value is -5.14. The Bertz CT molecular complexity index is 2110. The summed E-state index contributed by atoms with van der Waals surface area (Å²) < 4.78 is 11.4. The second-order valence-corrected chi connectivity index (χ2v) is 15.4. The van der Waals surface area contributed by atoms with E-state index in [4.69, 9.17) is 8.94 Å². The summed E-state index contributed by atoms with van der Waals surface area (Å²) >= 11 is 0. The zero-order valence-corrected chi connectivity index (χ0v) is 30.4. The predicted molar refractivity (Wildman–Crippen MR) is 199 cm³/mol. The van der Waals surface area contributed by atoms with E-state index < -0.39 is 12.1 Å². The molecule has 2 aromatic carbocycles. The van der Waals surface area contributed by atoms with Crippen molar-refractivity contribution in [3.63, 3.8) is 0 Å². The van der Waals surface area contributed by atoms with Crippen molar-refractivity contribution in [2.45, 2.75) is 76.9 Å². The monoisotopic (exact) mass is 709 g/mol. The maximum Gasteiger partial charge on any atom is 0.407 e. The van der Waals surface area contributed by atoms with Gasteiger partial charge >= 0.3 is 12.1 Å². The topological polar surface area (TPSA) is 160 Å². The molecule has 2 fully saturated rings. The summed E-state index contributed by atoms with van der Waals surface area (Å²) in [7, 11) is 4.11. The number of hydrogen-bond donors (Lipinski definition) is 4. The fourth-order valence-corrected chi connectivity index (χ4v) is 7.65. The molecule has 2 saturated heterocycles. The van der Waals surface area contributed by atoms with E-state index in [1.54, 1.807) is 30.3 Å². The minimum absolute atomic E-state index is 0.195. The van der Waals surface area contributed by atoms with E-state index >= 15 is 0 Å². The van der Waals surface area contributed by atoms with Crippen LogP contribution in [0.4, 0.5) is 21.1 Å². The summed E-state index contributed by atoms with van der Waals surface area (Å²) in [6, 6.07) is 14.9. The van der Waals surface area contributed by atoms with Gasteiger partial charge in [0.1, 0.15) is 11.3 Å². The van der Waals surface area contributed by atoms with Gasteiger partial charge in [-0.1, -0.05) is 38.4 Å². The number of nitrogens with zero attached hydrogens (tertiary/aromatic N) is 4. The summed E-state index contributed by atoms with van der Waals surface area (Å²) in [4.78, 5) is 47.8. The van der Waals surface area contributed by atoms with Crippen molar-refractivity contribution in [1.82, 2.24) is 24.8 Å². The third kappa shape index (κ3) is 7.28. The number of H-pyrrole nitrogens is 1. The number of anilines is 2. The number of amides is 3. The van der Waals surface area contributed by atoms with Crippen LogP contribution in [-0.4, -0.2) is 87.6 Å². The average molecular weight is 710 g/mol. The van der Waals surface area contributed by atoms with E-state index in [1.807, 2.05) is 26.8 Å². The van der Waals surface area contributed by atoms with E-state index in [1.165, 1.54) is 16.0 Å². The van der Waals surface area contributed by atoms with Crippen LogP contribution >= 0.6 is 0 Å². The summed E-state index contributed by atoms with van der Waals surface area (Å²) in [5, 5.41) is 20.6. The summed E-state index contributed by atoms with van der Waals surface area (Å²) in [6.45, 7) is 8.82. The van der Waals surface area contributed by atoms with Gasteiger partial charge in [-0.25, -0.2) is 9.59 Å². The molecule has 5 aromatic rings. The maximum atomic E-state index is 13.9. The van der Waals surface area contributed by atoms with Crippen molar-refractivity contribution in [3.8, 4) is 0 Å². The molecule has 274 valence electrons. The van der Waals surface area contributed by atoms with E-state index in [9.17, 15) is 19.5 Å². The first kappa shape index (κ1) is 35.3. The van der Waals surface area contributed by atoms with Gasteiger partial charge in [0.25, 0.3) is 0 Å². The van der Waals surface area contributed by atoms with Crippen LogP contribution in [-0.2, 0) is 12.0 Å². The number of carbonyl (C=O) groups excluding carboxylic acids is 2. The van der Waals surface area contributed by atoms with Gasteiger partial charge in [0.05, 0.1) is 5.69 Å². The number of carbonyl (C=O) groups is 3. The van der Waals surface area contributed by atoms with Gasteiger partial charge in [0.15, 0.2) is 11.6 Å². The second kappa shape index (κ2) is 14.1. The van der Waals surface area contributed by atoms with Gasteiger partial charge in [-0.05, 0) is 93.8 Å². The Morgan fingerprint density at radius 1 is 0.981 bits per heavy atom. The Morgan fingerprint density at radius 3 is 2.48 bits per heavy atom. The summed E-state index contributed by atoms with van der Waals surface area (Å²) in [6.07, 6.45) is 4.14. The van der Waals surface area contributed by atoms with E-state index in [0.717, 1.165) is 49.6 Å². The van der Waals surface area contributed by atoms with Crippen LogP contribution in [0, 0.1) is 0 Å². The fraction of sp³-hybridized carbons (Fsp3) is 0.436. The molecule has 4 N–H and O–H groups in total. The van der Waals surface area contributed by atoms with Gasteiger partial charge in [0, 0.05) is 65.2 Å². The quantitative estimate of drug-likeness (QED) is 0.118. The first-order valence-electron chi connectivity index (χ1n) is 18.0. The van der Waals surface area contributed by atoms with Gasteiger partial charge in [-0.3, -0.25) is 15.0 Å². The fourth-order valence-electron chi connectivity index (χ4n) is 7.65. The van der Waals surface area contributed by atoms with Crippen molar-refractivity contribution in [2.24, 2.45) is 0 Å². The van der Waals surface area contributed by atoms with E-state index in [0.29, 0.717) is 59.6 Å². The minimum atomic E-state index is -0.839. The largest absolute Gasteiger partial charge is 0.465 e. The van der Waals surface area contributed by atoms with E-state index in [-0.39, 0.29) is 23.0 Å². The molecule has 0 bridgehead atoms. The van der Waals surface area contributed by atoms with Gasteiger partial charge in [-0.2, -0.15) is 0 Å². The smallest absolute Gasteiger partial charge is 0.407 e. The lowest BCUT2D eigenvalue weighted by Crippen LogP contribution is -2.49. The Balaban J connectivity index is 1.11. The van der Waals surface area contributed by atoms with Crippen LogP contribution in [0.1, 0.15) is 92.1 Å². The lowest BCUT2D eigenvalue weighted by Gasteiger charge is -2.45. The number of piperidine rings is 2. The zero-order chi connectivity index (χ0) is 36.7. The third-order valence-corrected chi connectivity index (χ3v) is 10.3. The lowest BCUT2D eigenvalue weighted by atomic mass is 9.87. The highest BCUT2D eigenvalue weighted by atomic mass is 16.5. The molecule has 1 atom stereocenters. The Labute approximate surface area is 302 Å². The molecule has 3 amide bonds. The number of urea groups is 1. The molecule has 7 rings (SSSR count). The predicted octanol–water partition coefficient (Wildman–Crippen LogP) is 7.81. The zero-order valence-electron chi connectivity index (χ0n) is 30.4. The number of furan rings is 1. The van der Waals surface area contributed by atoms with Crippen LogP contribution in [0.3, 0.4) is 0 Å².